The molecule has 1 aromatic carbocycles. The highest BCUT2D eigenvalue weighted by atomic mass is 16.9. The summed E-state index contributed by atoms with van der Waals surface area (Å²) >= 11 is 0. The summed E-state index contributed by atoms with van der Waals surface area (Å²) < 4.78 is 4.93. The van der Waals surface area contributed by atoms with E-state index in [1.165, 1.54) is 0 Å². The number of carboxylic acids is 1. The van der Waals surface area contributed by atoms with Gasteiger partial charge >= 0.3 is 18.0 Å². The molecular weight excluding hydrogens is 254 g/mol. The molecule has 0 radical (unpaired) electrons. The van der Waals surface area contributed by atoms with E-state index < -0.39 is 30.5 Å². The number of carbonyl (C=O) groups is 3. The molecule has 1 aliphatic heterocycles. The molecule has 2 rings (SSSR count). The Hall–Kier alpha value is -2.57. The molecule has 0 spiro atoms. The molecule has 1 heterocycles. The third kappa shape index (κ3) is 3.44. The smallest absolute Gasteiger partial charge is 0.468 e. The van der Waals surface area contributed by atoms with Gasteiger partial charge in [0.2, 0.25) is 0 Å². The van der Waals surface area contributed by atoms with E-state index in [9.17, 15) is 14.4 Å². The van der Waals surface area contributed by atoms with Crippen LogP contribution < -0.4 is 0 Å². The Morgan fingerprint density at radius 3 is 2.47 bits per heavy atom. The van der Waals surface area contributed by atoms with Crippen LogP contribution in [0.3, 0.4) is 0 Å². The fourth-order valence-electron chi connectivity index (χ4n) is 1.48. The number of carbonyl (C=O) groups excluding carboxylic acids is 2. The van der Waals surface area contributed by atoms with Gasteiger partial charge in [0.25, 0.3) is 0 Å². The Kier molecular flexibility index (Phi) is 3.65. The van der Waals surface area contributed by atoms with Crippen LogP contribution in [0.2, 0.25) is 0 Å². The van der Waals surface area contributed by atoms with E-state index in [-0.39, 0.29) is 6.61 Å². The van der Waals surface area contributed by atoms with Crippen molar-refractivity contribution in [1.82, 2.24) is 5.06 Å². The summed E-state index contributed by atoms with van der Waals surface area (Å²) in [7, 11) is 0. The lowest BCUT2D eigenvalue weighted by Gasteiger charge is -2.09. The lowest BCUT2D eigenvalue weighted by Crippen LogP contribution is -2.32. The highest BCUT2D eigenvalue weighted by Crippen LogP contribution is 2.20. The summed E-state index contributed by atoms with van der Waals surface area (Å²) in [6.07, 6.45) is -1.21. The van der Waals surface area contributed by atoms with Crippen molar-refractivity contribution in [1.29, 1.82) is 0 Å². The lowest BCUT2D eigenvalue weighted by atomic mass is 10.2. The number of hydrogen-bond donors (Lipinski definition) is 1. The maximum absolute atomic E-state index is 11.5. The molecular formula is C12H11NO6. The molecule has 1 atom stereocenters. The van der Waals surface area contributed by atoms with Crippen molar-refractivity contribution >= 4 is 18.0 Å². The molecule has 7 nitrogen and oxygen atoms in total. The van der Waals surface area contributed by atoms with E-state index in [1.54, 1.807) is 24.3 Å². The SMILES string of the molecule is O=C(C[C@@H](C(=O)O)N1OC1=O)OCc1ccccc1. The van der Waals surface area contributed by atoms with Crippen molar-refractivity contribution in [3.63, 3.8) is 0 Å². The van der Waals surface area contributed by atoms with Gasteiger partial charge in [0.15, 0.2) is 6.04 Å². The quantitative estimate of drug-likeness (QED) is 0.607. The first-order valence-corrected chi connectivity index (χ1v) is 5.51. The Balaban J connectivity index is 1.83. The standard InChI is InChI=1S/C12H11NO6/c14-10(18-7-8-4-2-1-3-5-8)6-9(11(15)16)13-12(17)19-13/h1-5,9H,6-7H2,(H,15,16)/t9-,13?/m0/s1. The van der Waals surface area contributed by atoms with Crippen molar-refractivity contribution in [3.8, 4) is 0 Å². The normalized spacial score (nSPS) is 14.5. The minimum atomic E-state index is -1.34. The van der Waals surface area contributed by atoms with Crippen molar-refractivity contribution in [2.24, 2.45) is 0 Å². The predicted octanol–water partition coefficient (Wildman–Crippen LogP) is 0.940. The number of rotatable bonds is 6. The molecule has 0 aliphatic carbocycles. The Morgan fingerprint density at radius 2 is 1.95 bits per heavy atom. The number of amides is 1. The van der Waals surface area contributed by atoms with Crippen LogP contribution in [0, 0.1) is 0 Å². The molecule has 1 fully saturated rings. The molecule has 1 amide bonds. The number of benzene rings is 1. The van der Waals surface area contributed by atoms with Gasteiger partial charge in [-0.1, -0.05) is 30.3 Å². The summed E-state index contributed by atoms with van der Waals surface area (Å²) in [6.45, 7) is 0.0564. The first kappa shape index (κ1) is 12.9. The van der Waals surface area contributed by atoms with E-state index in [0.717, 1.165) is 5.56 Å². The van der Waals surface area contributed by atoms with Crippen molar-refractivity contribution in [2.75, 3.05) is 0 Å². The van der Waals surface area contributed by atoms with E-state index in [4.69, 9.17) is 9.84 Å². The van der Waals surface area contributed by atoms with Crippen LogP contribution in [0.4, 0.5) is 4.79 Å². The fourth-order valence-corrected chi connectivity index (χ4v) is 1.48. The van der Waals surface area contributed by atoms with E-state index in [2.05, 4.69) is 4.84 Å². The summed E-state index contributed by atoms with van der Waals surface area (Å²) in [5, 5.41) is 9.48. The monoisotopic (exact) mass is 265 g/mol. The van der Waals surface area contributed by atoms with Crippen LogP contribution in [-0.2, 0) is 25.8 Å². The van der Waals surface area contributed by atoms with Gasteiger partial charge < -0.3 is 14.7 Å². The topological polar surface area (TPSA) is 96.2 Å². The van der Waals surface area contributed by atoms with Gasteiger partial charge in [0.1, 0.15) is 6.61 Å². The third-order valence-corrected chi connectivity index (χ3v) is 2.49. The van der Waals surface area contributed by atoms with E-state index >= 15 is 0 Å². The predicted molar refractivity (Wildman–Crippen MR) is 60.6 cm³/mol. The summed E-state index contributed by atoms with van der Waals surface area (Å²) in [4.78, 5) is 37.3. The Labute approximate surface area is 108 Å². The highest BCUT2D eigenvalue weighted by Gasteiger charge is 2.46. The Morgan fingerprint density at radius 1 is 1.32 bits per heavy atom. The van der Waals surface area contributed by atoms with Crippen molar-refractivity contribution in [3.05, 3.63) is 35.9 Å². The van der Waals surface area contributed by atoms with E-state index in [0.29, 0.717) is 5.06 Å². The molecule has 0 unspecified atom stereocenters. The average molecular weight is 265 g/mol. The van der Waals surface area contributed by atoms with Crippen LogP contribution in [-0.4, -0.2) is 34.2 Å². The molecule has 0 bridgehead atoms. The summed E-state index contributed by atoms with van der Waals surface area (Å²) in [5.41, 5.74) is 0.793. The molecule has 100 valence electrons. The van der Waals surface area contributed by atoms with Gasteiger partial charge in [-0.25, -0.2) is 9.59 Å². The van der Waals surface area contributed by atoms with Gasteiger partial charge in [-0.3, -0.25) is 4.79 Å². The van der Waals surface area contributed by atoms with E-state index in [1.807, 2.05) is 6.07 Å². The largest absolute Gasteiger partial charge is 0.480 e. The third-order valence-electron chi connectivity index (χ3n) is 2.49. The second kappa shape index (κ2) is 5.38. The molecule has 1 N–H and O–H groups in total. The summed E-state index contributed by atoms with van der Waals surface area (Å²) in [6, 6.07) is 7.64. The Bertz CT molecular complexity index is 500. The maximum atomic E-state index is 11.5. The zero-order valence-electron chi connectivity index (χ0n) is 9.81. The second-order valence-corrected chi connectivity index (χ2v) is 3.89. The molecule has 19 heavy (non-hydrogen) atoms. The minimum Gasteiger partial charge on any atom is -0.480 e. The van der Waals surface area contributed by atoms with Gasteiger partial charge in [0.05, 0.1) is 6.42 Å². The van der Waals surface area contributed by atoms with Crippen LogP contribution in [0.1, 0.15) is 12.0 Å². The molecule has 1 aliphatic rings. The number of esters is 1. The van der Waals surface area contributed by atoms with Crippen LogP contribution in [0.15, 0.2) is 30.3 Å². The first-order chi connectivity index (χ1) is 9.08. The van der Waals surface area contributed by atoms with Gasteiger partial charge in [-0.15, -0.1) is 5.06 Å². The average Bonchev–Trinajstić information content (AvgIpc) is 3.11. The second-order valence-electron chi connectivity index (χ2n) is 3.89. The zero-order valence-corrected chi connectivity index (χ0v) is 9.81. The van der Waals surface area contributed by atoms with Gasteiger partial charge in [0, 0.05) is 0 Å². The summed E-state index contributed by atoms with van der Waals surface area (Å²) in [5.74, 6) is -2.03. The van der Waals surface area contributed by atoms with Crippen LogP contribution in [0.25, 0.3) is 0 Å². The van der Waals surface area contributed by atoms with Gasteiger partial charge in [-0.05, 0) is 5.56 Å². The number of hydrogen-bond acceptors (Lipinski definition) is 5. The molecule has 0 saturated carbocycles. The number of hydroxylamine groups is 2. The van der Waals surface area contributed by atoms with Crippen molar-refractivity contribution in [2.45, 2.75) is 19.1 Å². The van der Waals surface area contributed by atoms with Crippen LogP contribution in [0.5, 0.6) is 0 Å². The van der Waals surface area contributed by atoms with Crippen molar-refractivity contribution < 1.29 is 29.1 Å². The zero-order chi connectivity index (χ0) is 13.8. The molecule has 7 heteroatoms. The number of ether oxygens (including phenoxy) is 1. The first-order valence-electron chi connectivity index (χ1n) is 5.51. The highest BCUT2D eigenvalue weighted by molar-refractivity contribution is 5.88. The number of carboxylic acid groups (broad SMARTS) is 1. The van der Waals surface area contributed by atoms with Gasteiger partial charge in [-0.2, -0.15) is 0 Å². The molecule has 1 aromatic rings. The number of nitrogens with zero attached hydrogens (tertiary/aromatic N) is 1. The molecule has 0 aromatic heterocycles. The lowest BCUT2D eigenvalue weighted by molar-refractivity contribution is -0.153. The molecule has 1 saturated heterocycles. The fraction of sp³-hybridized carbons (Fsp3) is 0.250. The van der Waals surface area contributed by atoms with Crippen LogP contribution >= 0.6 is 0 Å². The maximum Gasteiger partial charge on any atom is 0.468 e. The number of aliphatic carboxylic acids is 1. The minimum absolute atomic E-state index is 0.0564.